The highest BCUT2D eigenvalue weighted by molar-refractivity contribution is 5.55. The van der Waals surface area contributed by atoms with Crippen molar-refractivity contribution in [1.29, 1.82) is 0 Å². The molecule has 0 amide bonds. The molecule has 0 saturated heterocycles. The minimum absolute atomic E-state index is 0.517. The molecule has 0 unspecified atom stereocenters. The van der Waals surface area contributed by atoms with E-state index in [4.69, 9.17) is 5.73 Å². The Balaban J connectivity index is 1.74. The molecule has 2 aliphatic carbocycles. The van der Waals surface area contributed by atoms with Crippen LogP contribution in [-0.4, -0.2) is 16.0 Å². The lowest BCUT2D eigenvalue weighted by atomic mass is 10.1. The van der Waals surface area contributed by atoms with Crippen LogP contribution >= 0.6 is 0 Å². The van der Waals surface area contributed by atoms with Gasteiger partial charge in [0, 0.05) is 18.4 Å². The van der Waals surface area contributed by atoms with Crippen LogP contribution in [0.3, 0.4) is 0 Å². The third-order valence-electron chi connectivity index (χ3n) is 3.29. The average Bonchev–Trinajstić information content (AvgIpc) is 3.10. The predicted molar refractivity (Wildman–Crippen MR) is 59.3 cm³/mol. The summed E-state index contributed by atoms with van der Waals surface area (Å²) in [6.45, 7) is 0. The van der Waals surface area contributed by atoms with Gasteiger partial charge in [-0.2, -0.15) is 0 Å². The molecule has 3 rings (SSSR count). The first kappa shape index (κ1) is 8.95. The molecule has 1 heterocycles. The van der Waals surface area contributed by atoms with Crippen LogP contribution in [0.5, 0.6) is 0 Å². The van der Waals surface area contributed by atoms with Gasteiger partial charge in [0.25, 0.3) is 0 Å². The number of nitrogen functional groups attached to an aromatic ring is 1. The van der Waals surface area contributed by atoms with E-state index in [1.165, 1.54) is 25.7 Å². The van der Waals surface area contributed by atoms with Gasteiger partial charge in [0.15, 0.2) is 11.6 Å². The van der Waals surface area contributed by atoms with Gasteiger partial charge in [0.2, 0.25) is 0 Å². The Hall–Kier alpha value is -1.32. The largest absolute Gasteiger partial charge is 0.381 e. The smallest absolute Gasteiger partial charge is 0.169 e. The Morgan fingerprint density at radius 3 is 2.27 bits per heavy atom. The summed E-state index contributed by atoms with van der Waals surface area (Å²) in [6, 6.07) is 0.587. The molecule has 0 aliphatic heterocycles. The van der Waals surface area contributed by atoms with E-state index >= 15 is 0 Å². The number of nitrogens with one attached hydrogen (secondary N) is 1. The summed E-state index contributed by atoms with van der Waals surface area (Å²) in [4.78, 5) is 8.28. The molecule has 3 N–H and O–H groups in total. The van der Waals surface area contributed by atoms with Gasteiger partial charge in [-0.15, -0.1) is 0 Å². The maximum absolute atomic E-state index is 5.77. The topological polar surface area (TPSA) is 63.8 Å². The van der Waals surface area contributed by atoms with Crippen molar-refractivity contribution in [3.8, 4) is 0 Å². The molecule has 0 atom stereocenters. The second-order valence-corrected chi connectivity index (χ2v) is 4.64. The molecule has 1 aromatic heterocycles. The zero-order valence-electron chi connectivity index (χ0n) is 8.69. The molecule has 0 aromatic carbocycles. The van der Waals surface area contributed by atoms with E-state index in [1.807, 2.05) is 0 Å². The Bertz CT molecular complexity index is 345. The number of nitrogens with two attached hydrogens (primary N) is 1. The van der Waals surface area contributed by atoms with Gasteiger partial charge in [-0.25, -0.2) is 9.97 Å². The molecular formula is C11H16N4. The molecule has 2 saturated carbocycles. The number of aromatic nitrogens is 2. The van der Waals surface area contributed by atoms with Crippen LogP contribution in [0.1, 0.15) is 25.7 Å². The quantitative estimate of drug-likeness (QED) is 0.783. The Morgan fingerprint density at radius 1 is 1.13 bits per heavy atom. The van der Waals surface area contributed by atoms with Gasteiger partial charge in [-0.3, -0.25) is 0 Å². The highest BCUT2D eigenvalue weighted by Gasteiger charge is 2.41. The number of anilines is 2. The second-order valence-electron chi connectivity index (χ2n) is 4.64. The van der Waals surface area contributed by atoms with Crippen molar-refractivity contribution in [2.24, 2.45) is 11.8 Å². The van der Waals surface area contributed by atoms with Crippen molar-refractivity contribution in [2.45, 2.75) is 31.7 Å². The number of hydrogen-bond donors (Lipinski definition) is 2. The van der Waals surface area contributed by atoms with Crippen molar-refractivity contribution in [1.82, 2.24) is 9.97 Å². The molecule has 0 spiro atoms. The summed E-state index contributed by atoms with van der Waals surface area (Å²) in [6.07, 6.45) is 8.74. The number of hydrogen-bond acceptors (Lipinski definition) is 4. The summed E-state index contributed by atoms with van der Waals surface area (Å²) in [5, 5.41) is 3.47. The summed E-state index contributed by atoms with van der Waals surface area (Å²) in [7, 11) is 0. The SMILES string of the molecule is Nc1nccnc1NC(C1CC1)C1CC1. The number of rotatable bonds is 4. The van der Waals surface area contributed by atoms with Gasteiger partial charge in [-0.1, -0.05) is 0 Å². The molecule has 4 heteroatoms. The Morgan fingerprint density at radius 2 is 1.73 bits per heavy atom. The summed E-state index contributed by atoms with van der Waals surface area (Å²) >= 11 is 0. The lowest BCUT2D eigenvalue weighted by molar-refractivity contribution is 0.565. The fraction of sp³-hybridized carbons (Fsp3) is 0.636. The molecule has 2 fully saturated rings. The van der Waals surface area contributed by atoms with Crippen molar-refractivity contribution in [3.63, 3.8) is 0 Å². The van der Waals surface area contributed by atoms with Crippen LogP contribution in [-0.2, 0) is 0 Å². The zero-order valence-corrected chi connectivity index (χ0v) is 8.69. The first-order valence-corrected chi connectivity index (χ1v) is 5.67. The van der Waals surface area contributed by atoms with E-state index < -0.39 is 0 Å². The minimum atomic E-state index is 0.517. The molecule has 1 aromatic rings. The Kier molecular flexibility index (Phi) is 2.01. The van der Waals surface area contributed by atoms with Crippen molar-refractivity contribution >= 4 is 11.6 Å². The van der Waals surface area contributed by atoms with E-state index in [-0.39, 0.29) is 0 Å². The highest BCUT2D eigenvalue weighted by Crippen LogP contribution is 2.45. The monoisotopic (exact) mass is 204 g/mol. The van der Waals surface area contributed by atoms with Gasteiger partial charge in [0.05, 0.1) is 0 Å². The van der Waals surface area contributed by atoms with Crippen LogP contribution < -0.4 is 11.1 Å². The Labute approximate surface area is 89.3 Å². The normalized spacial score (nSPS) is 20.6. The van der Waals surface area contributed by atoms with Gasteiger partial charge >= 0.3 is 0 Å². The second kappa shape index (κ2) is 3.36. The van der Waals surface area contributed by atoms with Crippen LogP contribution in [0.2, 0.25) is 0 Å². The van der Waals surface area contributed by atoms with E-state index in [9.17, 15) is 0 Å². The lowest BCUT2D eigenvalue weighted by Crippen LogP contribution is -2.25. The molecule has 2 aliphatic rings. The maximum atomic E-state index is 5.77. The summed E-state index contributed by atoms with van der Waals surface area (Å²) in [5.41, 5.74) is 5.77. The summed E-state index contributed by atoms with van der Waals surface area (Å²) < 4.78 is 0. The summed E-state index contributed by atoms with van der Waals surface area (Å²) in [5.74, 6) is 2.97. The van der Waals surface area contributed by atoms with E-state index in [1.54, 1.807) is 12.4 Å². The molecule has 80 valence electrons. The van der Waals surface area contributed by atoms with E-state index in [0.29, 0.717) is 11.9 Å². The molecule has 0 radical (unpaired) electrons. The molecule has 15 heavy (non-hydrogen) atoms. The van der Waals surface area contributed by atoms with Crippen molar-refractivity contribution in [3.05, 3.63) is 12.4 Å². The van der Waals surface area contributed by atoms with Crippen molar-refractivity contribution < 1.29 is 0 Å². The van der Waals surface area contributed by atoms with Crippen molar-refractivity contribution in [2.75, 3.05) is 11.1 Å². The molecule has 0 bridgehead atoms. The maximum Gasteiger partial charge on any atom is 0.169 e. The zero-order chi connectivity index (χ0) is 10.3. The van der Waals surface area contributed by atoms with Gasteiger partial charge in [-0.05, 0) is 37.5 Å². The third kappa shape index (κ3) is 1.89. The fourth-order valence-corrected chi connectivity index (χ4v) is 2.15. The standard InChI is InChI=1S/C11H16N4/c12-10-11(14-6-5-13-10)15-9(7-1-2-7)8-3-4-8/h5-9H,1-4H2,(H2,12,13)(H,14,15). The van der Waals surface area contributed by atoms with E-state index in [0.717, 1.165) is 17.7 Å². The lowest BCUT2D eigenvalue weighted by Gasteiger charge is -2.18. The van der Waals surface area contributed by atoms with Crippen LogP contribution in [0.25, 0.3) is 0 Å². The van der Waals surface area contributed by atoms with Crippen LogP contribution in [0.4, 0.5) is 11.6 Å². The van der Waals surface area contributed by atoms with Gasteiger partial charge in [0.1, 0.15) is 0 Å². The van der Waals surface area contributed by atoms with E-state index in [2.05, 4.69) is 15.3 Å². The minimum Gasteiger partial charge on any atom is -0.381 e. The van der Waals surface area contributed by atoms with Gasteiger partial charge < -0.3 is 11.1 Å². The molecule has 4 nitrogen and oxygen atoms in total. The fourth-order valence-electron chi connectivity index (χ4n) is 2.15. The molecular weight excluding hydrogens is 188 g/mol. The number of nitrogens with zero attached hydrogens (tertiary/aromatic N) is 2. The average molecular weight is 204 g/mol. The first-order chi connectivity index (χ1) is 7.34. The first-order valence-electron chi connectivity index (χ1n) is 5.67. The van der Waals surface area contributed by atoms with Crippen LogP contribution in [0, 0.1) is 11.8 Å². The highest BCUT2D eigenvalue weighted by atomic mass is 15.1. The third-order valence-corrected chi connectivity index (χ3v) is 3.29. The predicted octanol–water partition coefficient (Wildman–Crippen LogP) is 1.66. The van der Waals surface area contributed by atoms with Crippen LogP contribution in [0.15, 0.2) is 12.4 Å².